The van der Waals surface area contributed by atoms with E-state index in [1.54, 1.807) is 18.2 Å². The first-order valence-corrected chi connectivity index (χ1v) is 12.2. The Balaban J connectivity index is 1.57. The zero-order chi connectivity index (χ0) is 21.1. The van der Waals surface area contributed by atoms with Crippen molar-refractivity contribution in [1.82, 2.24) is 9.29 Å². The Morgan fingerprint density at radius 2 is 1.73 bits per heavy atom. The predicted molar refractivity (Wildman–Crippen MR) is 119 cm³/mol. The van der Waals surface area contributed by atoms with Crippen LogP contribution in [0.1, 0.15) is 35.2 Å². The van der Waals surface area contributed by atoms with Gasteiger partial charge in [0, 0.05) is 24.0 Å². The number of nitrogens with one attached hydrogen (secondary N) is 1. The Labute approximate surface area is 180 Å². The highest BCUT2D eigenvalue weighted by molar-refractivity contribution is 7.89. The van der Waals surface area contributed by atoms with Crippen molar-refractivity contribution in [1.29, 1.82) is 0 Å². The molecule has 0 spiro atoms. The Morgan fingerprint density at radius 3 is 2.47 bits per heavy atom. The summed E-state index contributed by atoms with van der Waals surface area (Å²) in [6, 6.07) is 14.3. The highest BCUT2D eigenvalue weighted by atomic mass is 32.2. The molecule has 0 aliphatic carbocycles. The van der Waals surface area contributed by atoms with Crippen molar-refractivity contribution in [3.63, 3.8) is 0 Å². The molecule has 1 amide bonds. The zero-order valence-corrected chi connectivity index (χ0v) is 18.3. The summed E-state index contributed by atoms with van der Waals surface area (Å²) in [7, 11) is -3.72. The smallest absolute Gasteiger partial charge is 0.258 e. The standard InChI is InChI=1S/C22H23N3O3S2/c1-16-9-11-17(12-10-16)19-15-29-22(23-19)24-21(26)18-7-3-4-8-20(18)30(27,28)25-13-5-2-6-14-25/h3-4,7-12,15H,2,5-6,13-14H2,1H3,(H,23,24,26). The fraction of sp³-hybridized carbons (Fsp3) is 0.273. The molecule has 0 radical (unpaired) electrons. The number of hydrogen-bond acceptors (Lipinski definition) is 5. The predicted octanol–water partition coefficient (Wildman–Crippen LogP) is 4.55. The molecular weight excluding hydrogens is 418 g/mol. The largest absolute Gasteiger partial charge is 0.298 e. The molecule has 1 aliphatic heterocycles. The average molecular weight is 442 g/mol. The summed E-state index contributed by atoms with van der Waals surface area (Å²) in [5, 5.41) is 5.06. The molecule has 8 heteroatoms. The fourth-order valence-electron chi connectivity index (χ4n) is 3.48. The molecule has 0 bridgehead atoms. The normalized spacial score (nSPS) is 15.1. The van der Waals surface area contributed by atoms with Crippen LogP contribution in [-0.2, 0) is 10.0 Å². The van der Waals surface area contributed by atoms with Crippen LogP contribution in [0.2, 0.25) is 0 Å². The molecule has 1 aliphatic rings. The second-order valence-corrected chi connectivity index (χ2v) is 10.1. The molecule has 30 heavy (non-hydrogen) atoms. The van der Waals surface area contributed by atoms with E-state index in [4.69, 9.17) is 0 Å². The molecule has 2 aromatic carbocycles. The van der Waals surface area contributed by atoms with Gasteiger partial charge in [0.1, 0.15) is 0 Å². The van der Waals surface area contributed by atoms with E-state index >= 15 is 0 Å². The van der Waals surface area contributed by atoms with Crippen molar-refractivity contribution in [3.05, 3.63) is 65.0 Å². The van der Waals surface area contributed by atoms with Crippen LogP contribution in [0.15, 0.2) is 58.8 Å². The maximum Gasteiger partial charge on any atom is 0.258 e. The first-order valence-electron chi connectivity index (χ1n) is 9.88. The fourth-order valence-corrected chi connectivity index (χ4v) is 5.90. The number of anilines is 1. The summed E-state index contributed by atoms with van der Waals surface area (Å²) in [6.07, 6.45) is 2.71. The topological polar surface area (TPSA) is 79.4 Å². The molecule has 1 fully saturated rings. The van der Waals surface area contributed by atoms with Gasteiger partial charge < -0.3 is 0 Å². The lowest BCUT2D eigenvalue weighted by Gasteiger charge is -2.26. The third kappa shape index (κ3) is 4.30. The maximum atomic E-state index is 13.1. The molecule has 2 heterocycles. The number of rotatable bonds is 5. The van der Waals surface area contributed by atoms with Crippen LogP contribution < -0.4 is 5.32 Å². The van der Waals surface area contributed by atoms with E-state index in [0.717, 1.165) is 36.1 Å². The lowest BCUT2D eigenvalue weighted by atomic mass is 10.1. The van der Waals surface area contributed by atoms with Gasteiger partial charge in [-0.15, -0.1) is 11.3 Å². The number of sulfonamides is 1. The summed E-state index contributed by atoms with van der Waals surface area (Å²) in [4.78, 5) is 17.5. The third-order valence-electron chi connectivity index (χ3n) is 5.14. The highest BCUT2D eigenvalue weighted by Crippen LogP contribution is 2.27. The zero-order valence-electron chi connectivity index (χ0n) is 16.7. The molecule has 1 saturated heterocycles. The van der Waals surface area contributed by atoms with E-state index in [1.165, 1.54) is 21.7 Å². The molecule has 4 rings (SSSR count). The number of benzene rings is 2. The van der Waals surface area contributed by atoms with Gasteiger partial charge in [-0.05, 0) is 31.9 Å². The van der Waals surface area contributed by atoms with Crippen molar-refractivity contribution >= 4 is 32.4 Å². The van der Waals surface area contributed by atoms with Gasteiger partial charge in [0.05, 0.1) is 16.2 Å². The number of amides is 1. The minimum absolute atomic E-state index is 0.0414. The van der Waals surface area contributed by atoms with Crippen LogP contribution in [-0.4, -0.2) is 36.7 Å². The van der Waals surface area contributed by atoms with E-state index in [-0.39, 0.29) is 10.5 Å². The number of aryl methyl sites for hydroxylation is 1. The summed E-state index contributed by atoms with van der Waals surface area (Å²) in [5.41, 5.74) is 3.03. The second-order valence-electron chi connectivity index (χ2n) is 7.32. The van der Waals surface area contributed by atoms with Gasteiger partial charge in [0.2, 0.25) is 10.0 Å². The molecule has 6 nitrogen and oxygen atoms in total. The molecule has 156 valence electrons. The first-order chi connectivity index (χ1) is 14.4. The number of carbonyl (C=O) groups is 1. The van der Waals surface area contributed by atoms with Gasteiger partial charge >= 0.3 is 0 Å². The SMILES string of the molecule is Cc1ccc(-c2csc(NC(=O)c3ccccc3S(=O)(=O)N3CCCCC3)n2)cc1. The quantitative estimate of drug-likeness (QED) is 0.630. The third-order valence-corrected chi connectivity index (χ3v) is 7.85. The Morgan fingerprint density at radius 1 is 1.03 bits per heavy atom. The van der Waals surface area contributed by atoms with Crippen molar-refractivity contribution in [2.75, 3.05) is 18.4 Å². The molecule has 1 aromatic heterocycles. The number of piperidine rings is 1. The molecular formula is C22H23N3O3S2. The maximum absolute atomic E-state index is 13.1. The van der Waals surface area contributed by atoms with Crippen LogP contribution >= 0.6 is 11.3 Å². The molecule has 3 aromatic rings. The monoisotopic (exact) mass is 441 g/mol. The van der Waals surface area contributed by atoms with E-state index in [1.807, 2.05) is 36.6 Å². The molecule has 0 unspecified atom stereocenters. The number of aromatic nitrogens is 1. The summed E-state index contributed by atoms with van der Waals surface area (Å²) < 4.78 is 27.7. The minimum Gasteiger partial charge on any atom is -0.298 e. The van der Waals surface area contributed by atoms with E-state index in [9.17, 15) is 13.2 Å². The van der Waals surface area contributed by atoms with Crippen LogP contribution in [0.4, 0.5) is 5.13 Å². The summed E-state index contributed by atoms with van der Waals surface area (Å²) in [5.74, 6) is -0.476. The van der Waals surface area contributed by atoms with Crippen LogP contribution in [0.5, 0.6) is 0 Å². The Kier molecular flexibility index (Phi) is 5.99. The van der Waals surface area contributed by atoms with Crippen molar-refractivity contribution in [2.24, 2.45) is 0 Å². The average Bonchev–Trinajstić information content (AvgIpc) is 3.23. The second kappa shape index (κ2) is 8.67. The van der Waals surface area contributed by atoms with Crippen LogP contribution in [0.25, 0.3) is 11.3 Å². The number of hydrogen-bond donors (Lipinski definition) is 1. The number of carbonyl (C=O) groups excluding carboxylic acids is 1. The van der Waals surface area contributed by atoms with Gasteiger partial charge in [-0.1, -0.05) is 48.4 Å². The van der Waals surface area contributed by atoms with E-state index in [0.29, 0.717) is 18.2 Å². The van der Waals surface area contributed by atoms with Gasteiger partial charge in [0.15, 0.2) is 5.13 Å². The van der Waals surface area contributed by atoms with Gasteiger partial charge in [-0.2, -0.15) is 4.31 Å². The van der Waals surface area contributed by atoms with Crippen molar-refractivity contribution in [2.45, 2.75) is 31.1 Å². The lowest BCUT2D eigenvalue weighted by molar-refractivity contribution is 0.102. The molecule has 1 N–H and O–H groups in total. The Hall–Kier alpha value is -2.55. The van der Waals surface area contributed by atoms with Crippen LogP contribution in [0.3, 0.4) is 0 Å². The summed E-state index contributed by atoms with van der Waals surface area (Å²) >= 11 is 1.31. The number of thiazole rings is 1. The minimum atomic E-state index is -3.72. The number of nitrogens with zero attached hydrogens (tertiary/aromatic N) is 2. The first kappa shape index (κ1) is 20.7. The van der Waals surface area contributed by atoms with Gasteiger partial charge in [-0.3, -0.25) is 10.1 Å². The van der Waals surface area contributed by atoms with Gasteiger partial charge in [0.25, 0.3) is 5.91 Å². The summed E-state index contributed by atoms with van der Waals surface area (Å²) in [6.45, 7) is 3.00. The van der Waals surface area contributed by atoms with Crippen LogP contribution in [0, 0.1) is 6.92 Å². The van der Waals surface area contributed by atoms with E-state index < -0.39 is 15.9 Å². The lowest BCUT2D eigenvalue weighted by Crippen LogP contribution is -2.36. The van der Waals surface area contributed by atoms with Gasteiger partial charge in [-0.25, -0.2) is 13.4 Å². The molecule has 0 atom stereocenters. The highest BCUT2D eigenvalue weighted by Gasteiger charge is 2.30. The van der Waals surface area contributed by atoms with E-state index in [2.05, 4.69) is 10.3 Å². The Bertz CT molecular complexity index is 1150. The molecule has 0 saturated carbocycles. The van der Waals surface area contributed by atoms with Crippen molar-refractivity contribution in [3.8, 4) is 11.3 Å². The van der Waals surface area contributed by atoms with Crippen molar-refractivity contribution < 1.29 is 13.2 Å².